The number of aryl methyl sites for hydroxylation is 1. The highest BCUT2D eigenvalue weighted by Crippen LogP contribution is 2.13. The van der Waals surface area contributed by atoms with E-state index in [9.17, 15) is 8.42 Å². The van der Waals surface area contributed by atoms with E-state index >= 15 is 0 Å². The molecule has 0 heterocycles. The molecule has 1 unspecified atom stereocenters. The van der Waals surface area contributed by atoms with Gasteiger partial charge in [-0.05, 0) is 26.5 Å². The molecule has 0 bridgehead atoms. The molecule has 0 saturated carbocycles. The second-order valence-corrected chi connectivity index (χ2v) is 6.16. The zero-order valence-corrected chi connectivity index (χ0v) is 11.3. The van der Waals surface area contributed by atoms with Crippen LogP contribution in [0.25, 0.3) is 0 Å². The molecule has 1 rings (SSSR count). The summed E-state index contributed by atoms with van der Waals surface area (Å²) < 4.78 is 24.7. The molecule has 2 N–H and O–H groups in total. The molecule has 0 aromatic heterocycles. The molecule has 0 fully saturated rings. The van der Waals surface area contributed by atoms with Crippen molar-refractivity contribution >= 4 is 10.0 Å². The lowest BCUT2D eigenvalue weighted by molar-refractivity contribution is 0.567. The molecule has 96 valence electrons. The Balaban J connectivity index is 2.48. The number of rotatable bonds is 6. The molecule has 0 aliphatic carbocycles. The molecular weight excluding hydrogens is 236 g/mol. The van der Waals surface area contributed by atoms with Crippen LogP contribution in [0.3, 0.4) is 0 Å². The lowest BCUT2D eigenvalue weighted by Gasteiger charge is -2.14. The summed E-state index contributed by atoms with van der Waals surface area (Å²) in [5, 5.41) is 3.20. The van der Waals surface area contributed by atoms with Gasteiger partial charge in [-0.2, -0.15) is 0 Å². The average molecular weight is 256 g/mol. The van der Waals surface area contributed by atoms with E-state index in [0.717, 1.165) is 0 Å². The van der Waals surface area contributed by atoms with Crippen LogP contribution in [0, 0.1) is 6.92 Å². The molecule has 0 spiro atoms. The Morgan fingerprint density at radius 3 is 2.65 bits per heavy atom. The fraction of sp³-hybridized carbons (Fsp3) is 0.500. The van der Waals surface area contributed by atoms with Gasteiger partial charge in [-0.15, -0.1) is 0 Å². The summed E-state index contributed by atoms with van der Waals surface area (Å²) in [6.07, 6.45) is 0. The molecule has 1 atom stereocenters. The summed E-state index contributed by atoms with van der Waals surface area (Å²) in [7, 11) is -1.69. The fourth-order valence-corrected chi connectivity index (χ4v) is 2.16. The second-order valence-electron chi connectivity index (χ2n) is 4.11. The first kappa shape index (κ1) is 14.2. The van der Waals surface area contributed by atoms with Crippen molar-refractivity contribution in [3.05, 3.63) is 35.4 Å². The highest BCUT2D eigenvalue weighted by molar-refractivity contribution is 7.89. The van der Waals surface area contributed by atoms with Crippen LogP contribution in [0.15, 0.2) is 24.3 Å². The maximum Gasteiger partial charge on any atom is 0.212 e. The zero-order chi connectivity index (χ0) is 12.9. The third-order valence-corrected chi connectivity index (χ3v) is 4.04. The summed E-state index contributed by atoms with van der Waals surface area (Å²) in [5.41, 5.74) is 2.38. The van der Waals surface area contributed by atoms with Crippen molar-refractivity contribution in [2.75, 3.05) is 19.3 Å². The van der Waals surface area contributed by atoms with Gasteiger partial charge in [-0.1, -0.05) is 29.8 Å². The summed E-state index contributed by atoms with van der Waals surface area (Å²) in [6.45, 7) is 4.51. The quantitative estimate of drug-likeness (QED) is 0.804. The van der Waals surface area contributed by atoms with E-state index in [1.165, 1.54) is 18.2 Å². The maximum absolute atomic E-state index is 11.2. The Morgan fingerprint density at radius 1 is 1.35 bits per heavy atom. The van der Waals surface area contributed by atoms with Crippen molar-refractivity contribution in [2.45, 2.75) is 19.9 Å². The van der Waals surface area contributed by atoms with Crippen LogP contribution in [0.4, 0.5) is 0 Å². The molecule has 5 heteroatoms. The molecule has 0 amide bonds. The Kier molecular flexibility index (Phi) is 5.11. The van der Waals surface area contributed by atoms with E-state index in [-0.39, 0.29) is 11.8 Å². The maximum atomic E-state index is 11.2. The largest absolute Gasteiger partial charge is 0.309 e. The summed E-state index contributed by atoms with van der Waals surface area (Å²) in [5.74, 6) is 0.0969. The molecule has 1 aromatic carbocycles. The van der Waals surface area contributed by atoms with Gasteiger partial charge in [-0.25, -0.2) is 13.1 Å². The van der Waals surface area contributed by atoms with E-state index < -0.39 is 10.0 Å². The molecule has 0 aliphatic rings. The molecule has 0 saturated heterocycles. The Hall–Kier alpha value is -0.910. The molecule has 0 aliphatic heterocycles. The van der Waals surface area contributed by atoms with E-state index in [4.69, 9.17) is 0 Å². The first-order valence-electron chi connectivity index (χ1n) is 5.66. The molecule has 0 radical (unpaired) electrons. The van der Waals surface area contributed by atoms with Crippen LogP contribution in [0.1, 0.15) is 24.1 Å². The molecular formula is C12H20N2O2S. The van der Waals surface area contributed by atoms with Gasteiger partial charge in [0.2, 0.25) is 10.0 Å². The molecule has 4 nitrogen and oxygen atoms in total. The first-order chi connectivity index (χ1) is 7.94. The highest BCUT2D eigenvalue weighted by Gasteiger charge is 2.09. The van der Waals surface area contributed by atoms with Gasteiger partial charge >= 0.3 is 0 Å². The normalized spacial score (nSPS) is 13.6. The van der Waals surface area contributed by atoms with Crippen molar-refractivity contribution in [3.8, 4) is 0 Å². The van der Waals surface area contributed by atoms with Gasteiger partial charge in [-0.3, -0.25) is 0 Å². The van der Waals surface area contributed by atoms with Crippen LogP contribution in [-0.4, -0.2) is 27.8 Å². The summed E-state index contributed by atoms with van der Waals surface area (Å²) in [6, 6.07) is 8.35. The zero-order valence-electron chi connectivity index (χ0n) is 10.5. The minimum atomic E-state index is -3.12. The van der Waals surface area contributed by atoms with Crippen molar-refractivity contribution in [3.63, 3.8) is 0 Å². The summed E-state index contributed by atoms with van der Waals surface area (Å²) >= 11 is 0. The van der Waals surface area contributed by atoms with Crippen molar-refractivity contribution < 1.29 is 8.42 Å². The Morgan fingerprint density at radius 2 is 2.06 bits per heavy atom. The van der Waals surface area contributed by atoms with Gasteiger partial charge < -0.3 is 5.32 Å². The average Bonchev–Trinajstić information content (AvgIpc) is 2.28. The van der Waals surface area contributed by atoms with Crippen LogP contribution in [0.2, 0.25) is 0 Å². The predicted molar refractivity (Wildman–Crippen MR) is 70.4 cm³/mol. The van der Waals surface area contributed by atoms with Crippen LogP contribution >= 0.6 is 0 Å². The minimum absolute atomic E-state index is 0.0969. The van der Waals surface area contributed by atoms with E-state index in [1.807, 2.05) is 32.0 Å². The number of nitrogens with one attached hydrogen (secondary N) is 2. The smallest absolute Gasteiger partial charge is 0.212 e. The molecule has 1 aromatic rings. The number of benzene rings is 1. The van der Waals surface area contributed by atoms with E-state index in [0.29, 0.717) is 6.54 Å². The SMILES string of the molecule is CNS(=O)(=O)CCNC(C)c1cccc(C)c1. The number of sulfonamides is 1. The van der Waals surface area contributed by atoms with E-state index in [1.54, 1.807) is 0 Å². The second kappa shape index (κ2) is 6.14. The van der Waals surface area contributed by atoms with E-state index in [2.05, 4.69) is 16.1 Å². The lowest BCUT2D eigenvalue weighted by Crippen LogP contribution is -2.30. The molecule has 17 heavy (non-hydrogen) atoms. The van der Waals surface area contributed by atoms with Gasteiger partial charge in [0.1, 0.15) is 0 Å². The third kappa shape index (κ3) is 4.85. The first-order valence-corrected chi connectivity index (χ1v) is 7.31. The predicted octanol–water partition coefficient (Wildman–Crippen LogP) is 1.19. The number of hydrogen-bond donors (Lipinski definition) is 2. The van der Waals surface area contributed by atoms with Crippen molar-refractivity contribution in [1.82, 2.24) is 10.0 Å². The van der Waals surface area contributed by atoms with Gasteiger partial charge in [0.15, 0.2) is 0 Å². The third-order valence-electron chi connectivity index (χ3n) is 2.67. The highest BCUT2D eigenvalue weighted by atomic mass is 32.2. The lowest BCUT2D eigenvalue weighted by atomic mass is 10.1. The van der Waals surface area contributed by atoms with Crippen molar-refractivity contribution in [2.24, 2.45) is 0 Å². The van der Waals surface area contributed by atoms with Crippen molar-refractivity contribution in [1.29, 1.82) is 0 Å². The minimum Gasteiger partial charge on any atom is -0.309 e. The van der Waals surface area contributed by atoms with Gasteiger partial charge in [0, 0.05) is 12.6 Å². The fourth-order valence-electron chi connectivity index (χ4n) is 1.57. The summed E-state index contributed by atoms with van der Waals surface area (Å²) in [4.78, 5) is 0. The Bertz CT molecular complexity index is 457. The standard InChI is InChI=1S/C12H20N2O2S/c1-10-5-4-6-12(9-10)11(2)14-7-8-17(15,16)13-3/h4-6,9,11,13-14H,7-8H2,1-3H3. The Labute approximate surface area is 103 Å². The number of hydrogen-bond acceptors (Lipinski definition) is 3. The van der Waals surface area contributed by atoms with Crippen LogP contribution in [-0.2, 0) is 10.0 Å². The van der Waals surface area contributed by atoms with Crippen LogP contribution < -0.4 is 10.0 Å². The monoisotopic (exact) mass is 256 g/mol. The topological polar surface area (TPSA) is 58.2 Å². The van der Waals surface area contributed by atoms with Gasteiger partial charge in [0.25, 0.3) is 0 Å². The van der Waals surface area contributed by atoms with Crippen LogP contribution in [0.5, 0.6) is 0 Å². The van der Waals surface area contributed by atoms with Gasteiger partial charge in [0.05, 0.1) is 5.75 Å².